The van der Waals surface area contributed by atoms with E-state index < -0.39 is 10.0 Å². The molecule has 0 fully saturated rings. The summed E-state index contributed by atoms with van der Waals surface area (Å²) in [6, 6.07) is 5.37. The lowest BCUT2D eigenvalue weighted by atomic mass is 10.2. The zero-order valence-corrected chi connectivity index (χ0v) is 10.9. The molecule has 2 aromatic rings. The molecule has 0 saturated heterocycles. The Labute approximate surface area is 110 Å². The molecular formula is C12H13FN2O3S. The zero-order chi connectivity index (χ0) is 13.7. The maximum absolute atomic E-state index is 12.7. The summed E-state index contributed by atoms with van der Waals surface area (Å²) in [5.41, 5.74) is 1.22. The highest BCUT2D eigenvalue weighted by molar-refractivity contribution is 7.88. The number of sulfonamides is 1. The summed E-state index contributed by atoms with van der Waals surface area (Å²) in [5.74, 6) is -0.563. The molecule has 0 aliphatic heterocycles. The van der Waals surface area contributed by atoms with Gasteiger partial charge in [-0.2, -0.15) is 0 Å². The van der Waals surface area contributed by atoms with E-state index in [9.17, 15) is 12.8 Å². The fourth-order valence-electron chi connectivity index (χ4n) is 1.55. The monoisotopic (exact) mass is 284 g/mol. The number of hydrogen-bond donors (Lipinski definition) is 1. The number of aromatic nitrogens is 1. The first kappa shape index (κ1) is 13.7. The highest BCUT2D eigenvalue weighted by Crippen LogP contribution is 2.06. The Balaban J connectivity index is 1.86. The SMILES string of the molecule is O=S(=O)(Cc1ccc(F)cc1)NCCc1cocn1. The van der Waals surface area contributed by atoms with Gasteiger partial charge in [0.25, 0.3) is 0 Å². The minimum absolute atomic E-state index is 0.175. The van der Waals surface area contributed by atoms with Crippen LogP contribution in [0.5, 0.6) is 0 Å². The lowest BCUT2D eigenvalue weighted by molar-refractivity contribution is 0.555. The maximum Gasteiger partial charge on any atom is 0.215 e. The van der Waals surface area contributed by atoms with Crippen molar-refractivity contribution in [2.45, 2.75) is 12.2 Å². The van der Waals surface area contributed by atoms with Crippen molar-refractivity contribution in [1.82, 2.24) is 9.71 Å². The molecule has 1 aromatic heterocycles. The third-order valence-electron chi connectivity index (χ3n) is 2.46. The van der Waals surface area contributed by atoms with Gasteiger partial charge < -0.3 is 4.42 Å². The maximum atomic E-state index is 12.7. The molecule has 7 heteroatoms. The van der Waals surface area contributed by atoms with Crippen LogP contribution in [0.25, 0.3) is 0 Å². The van der Waals surface area contributed by atoms with E-state index in [0.29, 0.717) is 17.7 Å². The second-order valence-electron chi connectivity index (χ2n) is 4.01. The highest BCUT2D eigenvalue weighted by Gasteiger charge is 2.11. The first-order chi connectivity index (χ1) is 9.05. The van der Waals surface area contributed by atoms with Crippen LogP contribution in [0.3, 0.4) is 0 Å². The summed E-state index contributed by atoms with van der Waals surface area (Å²) >= 11 is 0. The first-order valence-electron chi connectivity index (χ1n) is 5.64. The summed E-state index contributed by atoms with van der Waals surface area (Å²) in [6.45, 7) is 0.246. The number of nitrogens with zero attached hydrogens (tertiary/aromatic N) is 1. The third-order valence-corrected chi connectivity index (χ3v) is 3.81. The molecule has 0 bridgehead atoms. The standard InChI is InChI=1S/C12H13FN2O3S/c13-11-3-1-10(2-4-11)8-19(16,17)15-6-5-12-7-18-9-14-12/h1-4,7,9,15H,5-6,8H2. The van der Waals surface area contributed by atoms with Gasteiger partial charge in [-0.1, -0.05) is 12.1 Å². The van der Waals surface area contributed by atoms with Gasteiger partial charge in [-0.25, -0.2) is 22.5 Å². The van der Waals surface area contributed by atoms with Crippen molar-refractivity contribution in [1.29, 1.82) is 0 Å². The number of hydrogen-bond acceptors (Lipinski definition) is 4. The summed E-state index contributed by atoms with van der Waals surface area (Å²) < 4.78 is 43.5. The van der Waals surface area contributed by atoms with E-state index in [-0.39, 0.29) is 18.1 Å². The van der Waals surface area contributed by atoms with Crippen LogP contribution in [0.4, 0.5) is 4.39 Å². The van der Waals surface area contributed by atoms with Gasteiger partial charge >= 0.3 is 0 Å². The summed E-state index contributed by atoms with van der Waals surface area (Å²) in [6.07, 6.45) is 3.22. The molecule has 1 heterocycles. The van der Waals surface area contributed by atoms with Crippen molar-refractivity contribution in [3.05, 3.63) is 54.0 Å². The summed E-state index contributed by atoms with van der Waals surface area (Å²) in [5, 5.41) is 0. The Morgan fingerprint density at radius 2 is 2.00 bits per heavy atom. The van der Waals surface area contributed by atoms with Gasteiger partial charge in [-0.15, -0.1) is 0 Å². The van der Waals surface area contributed by atoms with Crippen molar-refractivity contribution in [3.8, 4) is 0 Å². The quantitative estimate of drug-likeness (QED) is 0.872. The molecule has 0 atom stereocenters. The van der Waals surface area contributed by atoms with Crippen molar-refractivity contribution in [3.63, 3.8) is 0 Å². The normalized spacial score (nSPS) is 11.6. The predicted molar refractivity (Wildman–Crippen MR) is 67.2 cm³/mol. The molecule has 0 saturated carbocycles. The van der Waals surface area contributed by atoms with Gasteiger partial charge in [-0.05, 0) is 17.7 Å². The van der Waals surface area contributed by atoms with Crippen LogP contribution in [-0.4, -0.2) is 19.9 Å². The largest absolute Gasteiger partial charge is 0.451 e. The van der Waals surface area contributed by atoms with E-state index in [0.717, 1.165) is 0 Å². The van der Waals surface area contributed by atoms with E-state index in [1.807, 2.05) is 0 Å². The van der Waals surface area contributed by atoms with E-state index in [1.54, 1.807) is 0 Å². The average Bonchev–Trinajstić information content (AvgIpc) is 2.85. The van der Waals surface area contributed by atoms with Crippen LogP contribution in [0.1, 0.15) is 11.3 Å². The van der Waals surface area contributed by atoms with Crippen LogP contribution in [0, 0.1) is 5.82 Å². The van der Waals surface area contributed by atoms with Crippen molar-refractivity contribution >= 4 is 10.0 Å². The third kappa shape index (κ3) is 4.46. The molecule has 1 N–H and O–H groups in total. The molecule has 2 rings (SSSR count). The van der Waals surface area contributed by atoms with Crippen LogP contribution in [0.15, 0.2) is 41.3 Å². The number of halogens is 1. The molecule has 0 unspecified atom stereocenters. The molecule has 102 valence electrons. The van der Waals surface area contributed by atoms with Crippen molar-refractivity contribution in [2.75, 3.05) is 6.54 Å². The molecule has 0 aliphatic rings. The van der Waals surface area contributed by atoms with Crippen LogP contribution in [0.2, 0.25) is 0 Å². The molecule has 0 aliphatic carbocycles. The Hall–Kier alpha value is -1.73. The van der Waals surface area contributed by atoms with E-state index in [4.69, 9.17) is 4.42 Å². The van der Waals surface area contributed by atoms with Crippen LogP contribution in [-0.2, 0) is 22.2 Å². The van der Waals surface area contributed by atoms with Gasteiger partial charge in [0, 0.05) is 13.0 Å². The van der Waals surface area contributed by atoms with Gasteiger partial charge in [-0.3, -0.25) is 0 Å². The molecule has 19 heavy (non-hydrogen) atoms. The number of nitrogens with one attached hydrogen (secondary N) is 1. The lowest BCUT2D eigenvalue weighted by Crippen LogP contribution is -2.27. The second kappa shape index (κ2) is 5.94. The number of oxazole rings is 1. The molecule has 0 amide bonds. The van der Waals surface area contributed by atoms with Gasteiger partial charge in [0.2, 0.25) is 10.0 Å². The predicted octanol–water partition coefficient (Wildman–Crippen LogP) is 1.48. The molecule has 1 aromatic carbocycles. The minimum atomic E-state index is -3.43. The van der Waals surface area contributed by atoms with Gasteiger partial charge in [0.05, 0.1) is 11.4 Å². The molecular weight excluding hydrogens is 271 g/mol. The second-order valence-corrected chi connectivity index (χ2v) is 5.82. The van der Waals surface area contributed by atoms with E-state index in [2.05, 4.69) is 9.71 Å². The molecule has 0 radical (unpaired) electrons. The van der Waals surface area contributed by atoms with Crippen LogP contribution < -0.4 is 4.72 Å². The smallest absolute Gasteiger partial charge is 0.215 e. The molecule has 0 spiro atoms. The van der Waals surface area contributed by atoms with Gasteiger partial charge in [0.1, 0.15) is 12.1 Å². The fraction of sp³-hybridized carbons (Fsp3) is 0.250. The Kier molecular flexibility index (Phi) is 4.28. The fourth-order valence-corrected chi connectivity index (χ4v) is 2.69. The highest BCUT2D eigenvalue weighted by atomic mass is 32.2. The average molecular weight is 284 g/mol. The number of benzene rings is 1. The van der Waals surface area contributed by atoms with Crippen LogP contribution >= 0.6 is 0 Å². The van der Waals surface area contributed by atoms with Crippen molar-refractivity contribution in [2.24, 2.45) is 0 Å². The Bertz CT molecular complexity index is 609. The summed E-state index contributed by atoms with van der Waals surface area (Å²) in [7, 11) is -3.43. The molecule has 5 nitrogen and oxygen atoms in total. The minimum Gasteiger partial charge on any atom is -0.451 e. The van der Waals surface area contributed by atoms with E-state index in [1.165, 1.54) is 36.9 Å². The first-order valence-corrected chi connectivity index (χ1v) is 7.29. The Morgan fingerprint density at radius 3 is 2.63 bits per heavy atom. The zero-order valence-electron chi connectivity index (χ0n) is 10.0. The number of rotatable bonds is 6. The van der Waals surface area contributed by atoms with Crippen molar-refractivity contribution < 1.29 is 17.2 Å². The Morgan fingerprint density at radius 1 is 1.26 bits per heavy atom. The summed E-state index contributed by atoms with van der Waals surface area (Å²) in [4.78, 5) is 3.89. The topological polar surface area (TPSA) is 72.2 Å². The lowest BCUT2D eigenvalue weighted by Gasteiger charge is -2.05. The van der Waals surface area contributed by atoms with Gasteiger partial charge in [0.15, 0.2) is 6.39 Å². The van der Waals surface area contributed by atoms with E-state index >= 15 is 0 Å².